The van der Waals surface area contributed by atoms with Gasteiger partial charge in [-0.3, -0.25) is 14.5 Å². The summed E-state index contributed by atoms with van der Waals surface area (Å²) in [4.78, 5) is 36.7. The van der Waals surface area contributed by atoms with Gasteiger partial charge >= 0.3 is 0 Å². The highest BCUT2D eigenvalue weighted by atomic mass is 35.5. The maximum absolute atomic E-state index is 13.8. The first-order chi connectivity index (χ1) is 17.8. The second-order valence-electron chi connectivity index (χ2n) is 10.4. The number of halogens is 2. The SMILES string of the molecule is CC[C@H]1CN(c2ccc(C(=O)NC3CC3)nc2C)CCN1C1CCN(C(=O)c2ccc(Cl)c(F)c2)CC1. The molecule has 2 saturated heterocycles. The largest absolute Gasteiger partial charge is 0.367 e. The second-order valence-corrected chi connectivity index (χ2v) is 10.9. The van der Waals surface area contributed by atoms with Gasteiger partial charge in [0.05, 0.1) is 16.4 Å². The van der Waals surface area contributed by atoms with Gasteiger partial charge in [-0.15, -0.1) is 0 Å². The smallest absolute Gasteiger partial charge is 0.270 e. The molecule has 3 fully saturated rings. The molecule has 1 atom stereocenters. The van der Waals surface area contributed by atoms with Crippen LogP contribution in [-0.2, 0) is 0 Å². The molecule has 1 N–H and O–H groups in total. The first-order valence-corrected chi connectivity index (χ1v) is 13.8. The summed E-state index contributed by atoms with van der Waals surface area (Å²) in [7, 11) is 0. The number of carbonyl (C=O) groups is 2. The number of pyridine rings is 1. The minimum absolute atomic E-state index is 0.0287. The third kappa shape index (κ3) is 5.75. The Morgan fingerprint density at radius 3 is 2.49 bits per heavy atom. The van der Waals surface area contributed by atoms with Crippen LogP contribution in [0.3, 0.4) is 0 Å². The van der Waals surface area contributed by atoms with Gasteiger partial charge in [0.1, 0.15) is 11.5 Å². The maximum atomic E-state index is 13.8. The Balaban J connectivity index is 1.18. The van der Waals surface area contributed by atoms with Gasteiger partial charge in [0.15, 0.2) is 0 Å². The highest BCUT2D eigenvalue weighted by Crippen LogP contribution is 2.28. The number of anilines is 1. The molecule has 0 spiro atoms. The average Bonchev–Trinajstić information content (AvgIpc) is 3.73. The van der Waals surface area contributed by atoms with Crippen LogP contribution in [-0.4, -0.2) is 77.4 Å². The summed E-state index contributed by atoms with van der Waals surface area (Å²) in [6.07, 6.45) is 4.97. The summed E-state index contributed by atoms with van der Waals surface area (Å²) < 4.78 is 13.8. The lowest BCUT2D eigenvalue weighted by Crippen LogP contribution is -2.58. The number of nitrogens with zero attached hydrogens (tertiary/aromatic N) is 4. The molecule has 198 valence electrons. The number of likely N-dealkylation sites (tertiary alicyclic amines) is 1. The number of hydrogen-bond donors (Lipinski definition) is 1. The molecule has 1 aromatic heterocycles. The van der Waals surface area contributed by atoms with Crippen molar-refractivity contribution >= 4 is 29.1 Å². The Morgan fingerprint density at radius 1 is 1.08 bits per heavy atom. The fraction of sp³-hybridized carbons (Fsp3) is 0.536. The molecule has 1 aromatic carbocycles. The number of piperazine rings is 1. The normalized spacial score (nSPS) is 21.2. The number of benzene rings is 1. The van der Waals surface area contributed by atoms with Gasteiger partial charge in [-0.2, -0.15) is 0 Å². The highest BCUT2D eigenvalue weighted by Gasteiger charge is 2.35. The minimum atomic E-state index is -0.562. The van der Waals surface area contributed by atoms with Gasteiger partial charge in [-0.1, -0.05) is 18.5 Å². The molecular formula is C28H35ClFN5O2. The van der Waals surface area contributed by atoms with Crippen LogP contribution in [0.4, 0.5) is 10.1 Å². The second kappa shape index (κ2) is 11.0. The number of hydrogen-bond acceptors (Lipinski definition) is 5. The van der Waals surface area contributed by atoms with E-state index in [0.717, 1.165) is 63.1 Å². The molecule has 1 aliphatic carbocycles. The molecule has 7 nitrogen and oxygen atoms in total. The molecule has 9 heteroatoms. The maximum Gasteiger partial charge on any atom is 0.270 e. The topological polar surface area (TPSA) is 68.8 Å². The Morgan fingerprint density at radius 2 is 1.84 bits per heavy atom. The molecule has 0 radical (unpaired) electrons. The van der Waals surface area contributed by atoms with Crippen molar-refractivity contribution in [3.63, 3.8) is 0 Å². The summed E-state index contributed by atoms with van der Waals surface area (Å²) in [6, 6.07) is 9.28. The van der Waals surface area contributed by atoms with Crippen molar-refractivity contribution in [1.29, 1.82) is 0 Å². The van der Waals surface area contributed by atoms with Crippen LogP contribution in [0.15, 0.2) is 30.3 Å². The van der Waals surface area contributed by atoms with Crippen molar-refractivity contribution in [2.24, 2.45) is 0 Å². The Labute approximate surface area is 223 Å². The number of carbonyl (C=O) groups excluding carboxylic acids is 2. The minimum Gasteiger partial charge on any atom is -0.367 e. The lowest BCUT2D eigenvalue weighted by molar-refractivity contribution is 0.0491. The van der Waals surface area contributed by atoms with E-state index in [1.54, 1.807) is 6.07 Å². The van der Waals surface area contributed by atoms with E-state index in [-0.39, 0.29) is 16.8 Å². The van der Waals surface area contributed by atoms with Gasteiger partial charge in [-0.05, 0) is 69.4 Å². The number of aromatic nitrogens is 1. The summed E-state index contributed by atoms with van der Waals surface area (Å²) in [6.45, 7) is 8.30. The summed E-state index contributed by atoms with van der Waals surface area (Å²) in [5.74, 6) is -0.782. The van der Waals surface area contributed by atoms with Crippen molar-refractivity contribution < 1.29 is 14.0 Å². The van der Waals surface area contributed by atoms with Crippen LogP contribution in [0.1, 0.15) is 65.6 Å². The van der Waals surface area contributed by atoms with Crippen LogP contribution >= 0.6 is 11.6 Å². The summed E-state index contributed by atoms with van der Waals surface area (Å²) in [5, 5.41) is 3.04. The molecule has 3 heterocycles. The molecule has 2 aliphatic heterocycles. The number of rotatable bonds is 6. The molecule has 5 rings (SSSR count). The predicted molar refractivity (Wildman–Crippen MR) is 143 cm³/mol. The molecular weight excluding hydrogens is 493 g/mol. The zero-order valence-electron chi connectivity index (χ0n) is 21.6. The fourth-order valence-electron chi connectivity index (χ4n) is 5.65. The van der Waals surface area contributed by atoms with E-state index in [0.29, 0.717) is 42.5 Å². The van der Waals surface area contributed by atoms with Gasteiger partial charge in [0, 0.05) is 56.4 Å². The average molecular weight is 528 g/mol. The monoisotopic (exact) mass is 527 g/mol. The van der Waals surface area contributed by atoms with Crippen LogP contribution in [0.2, 0.25) is 5.02 Å². The fourth-order valence-corrected chi connectivity index (χ4v) is 5.76. The van der Waals surface area contributed by atoms with Gasteiger partial charge in [0.2, 0.25) is 0 Å². The van der Waals surface area contributed by atoms with Gasteiger partial charge < -0.3 is 15.1 Å². The van der Waals surface area contributed by atoms with E-state index in [4.69, 9.17) is 11.6 Å². The molecule has 0 bridgehead atoms. The zero-order valence-corrected chi connectivity index (χ0v) is 22.3. The van der Waals surface area contributed by atoms with E-state index in [9.17, 15) is 14.0 Å². The number of aryl methyl sites for hydroxylation is 1. The summed E-state index contributed by atoms with van der Waals surface area (Å²) in [5.41, 5.74) is 2.82. The summed E-state index contributed by atoms with van der Waals surface area (Å²) >= 11 is 5.77. The molecule has 2 aromatic rings. The van der Waals surface area contributed by atoms with Gasteiger partial charge in [-0.25, -0.2) is 9.37 Å². The molecule has 1 saturated carbocycles. The number of piperidine rings is 1. The molecule has 2 amide bonds. The van der Waals surface area contributed by atoms with Crippen LogP contribution in [0.25, 0.3) is 0 Å². The van der Waals surface area contributed by atoms with Gasteiger partial charge in [0.25, 0.3) is 11.8 Å². The number of nitrogens with one attached hydrogen (secondary N) is 1. The lowest BCUT2D eigenvalue weighted by atomic mass is 9.97. The van der Waals surface area contributed by atoms with Crippen molar-refractivity contribution in [1.82, 2.24) is 20.1 Å². The van der Waals surface area contributed by atoms with Crippen LogP contribution < -0.4 is 10.2 Å². The van der Waals surface area contributed by atoms with Crippen molar-refractivity contribution in [2.45, 2.75) is 64.1 Å². The van der Waals surface area contributed by atoms with Crippen molar-refractivity contribution in [3.05, 3.63) is 58.1 Å². The van der Waals surface area contributed by atoms with E-state index in [1.807, 2.05) is 24.0 Å². The Kier molecular flexibility index (Phi) is 7.67. The first kappa shape index (κ1) is 25.9. The third-order valence-corrected chi connectivity index (χ3v) is 8.24. The van der Waals surface area contributed by atoms with Crippen LogP contribution in [0.5, 0.6) is 0 Å². The standard InChI is InChI=1S/C28H35ClFN5O2/c1-3-21-17-34(26-9-8-25(31-18(26)2)27(36)32-20-5-6-20)14-15-35(21)22-10-12-33(13-11-22)28(37)19-4-7-23(29)24(30)16-19/h4,7-9,16,20-22H,3,5-6,10-15,17H2,1-2H3,(H,32,36)/t21-/m0/s1. The molecule has 37 heavy (non-hydrogen) atoms. The quantitative estimate of drug-likeness (QED) is 0.607. The van der Waals surface area contributed by atoms with E-state index < -0.39 is 5.82 Å². The molecule has 3 aliphatic rings. The van der Waals surface area contributed by atoms with Crippen molar-refractivity contribution in [2.75, 3.05) is 37.6 Å². The lowest BCUT2D eigenvalue weighted by Gasteiger charge is -2.48. The van der Waals surface area contributed by atoms with Crippen LogP contribution in [0, 0.1) is 12.7 Å². The predicted octanol–water partition coefficient (Wildman–Crippen LogP) is 4.28. The third-order valence-electron chi connectivity index (χ3n) is 7.93. The van der Waals surface area contributed by atoms with E-state index in [1.165, 1.54) is 12.1 Å². The van der Waals surface area contributed by atoms with Crippen molar-refractivity contribution in [3.8, 4) is 0 Å². The zero-order chi connectivity index (χ0) is 26.1. The van der Waals surface area contributed by atoms with E-state index in [2.05, 4.69) is 27.0 Å². The Bertz CT molecular complexity index is 1170. The van der Waals surface area contributed by atoms with E-state index >= 15 is 0 Å². The highest BCUT2D eigenvalue weighted by molar-refractivity contribution is 6.30. The Hall–Kier alpha value is -2.71. The number of amides is 2. The molecule has 0 unspecified atom stereocenters. The first-order valence-electron chi connectivity index (χ1n) is 13.4.